The van der Waals surface area contributed by atoms with Crippen LogP contribution in [0.5, 0.6) is 0 Å². The highest BCUT2D eigenvalue weighted by Gasteiger charge is 2.41. The Morgan fingerprint density at radius 2 is 1.83 bits per heavy atom. The van der Waals surface area contributed by atoms with Crippen LogP contribution < -0.4 is 11.1 Å². The van der Waals surface area contributed by atoms with Crippen molar-refractivity contribution in [2.24, 2.45) is 11.7 Å². The minimum absolute atomic E-state index is 0.0961. The molecule has 0 radical (unpaired) electrons. The fourth-order valence-corrected chi connectivity index (χ4v) is 5.75. The van der Waals surface area contributed by atoms with Crippen LogP contribution in [-0.4, -0.2) is 52.2 Å². The molecular weight excluding hydrogens is 368 g/mol. The van der Waals surface area contributed by atoms with Crippen LogP contribution in [0, 0.1) is 5.92 Å². The molecule has 5 rings (SSSR count). The Kier molecular flexibility index (Phi) is 4.67. The number of rotatable bonds is 4. The predicted molar refractivity (Wildman–Crippen MR) is 107 cm³/mol. The first-order valence-electron chi connectivity index (χ1n) is 10.8. The quantitative estimate of drug-likeness (QED) is 0.745. The molecule has 7 nitrogen and oxygen atoms in total. The van der Waals surface area contributed by atoms with Crippen molar-refractivity contribution in [1.82, 2.24) is 15.1 Å². The highest BCUT2D eigenvalue weighted by atomic mass is 16.2. The van der Waals surface area contributed by atoms with E-state index in [2.05, 4.69) is 16.3 Å². The number of carbonyl (C=O) groups excluding carboxylic acids is 3. The predicted octanol–water partition coefficient (Wildman–Crippen LogP) is 1.15. The number of fused-ring (bicyclic) bond motifs is 3. The number of piperidine rings is 2. The first-order chi connectivity index (χ1) is 14.0. The van der Waals surface area contributed by atoms with E-state index >= 15 is 0 Å². The lowest BCUT2D eigenvalue weighted by atomic mass is 9.90. The van der Waals surface area contributed by atoms with E-state index in [9.17, 15) is 14.4 Å². The maximum atomic E-state index is 13.0. The average molecular weight is 396 g/mol. The number of nitrogens with one attached hydrogen (secondary N) is 1. The minimum Gasteiger partial charge on any atom is -0.330 e. The van der Waals surface area contributed by atoms with Crippen LogP contribution >= 0.6 is 0 Å². The van der Waals surface area contributed by atoms with E-state index < -0.39 is 6.04 Å². The summed E-state index contributed by atoms with van der Waals surface area (Å²) >= 11 is 0. The molecule has 0 spiro atoms. The normalized spacial score (nSPS) is 31.9. The largest absolute Gasteiger partial charge is 0.330 e. The van der Waals surface area contributed by atoms with E-state index in [1.54, 1.807) is 4.90 Å². The number of carbonyl (C=O) groups is 3. The topological polar surface area (TPSA) is 95.7 Å². The number of amides is 3. The van der Waals surface area contributed by atoms with E-state index in [1.807, 2.05) is 12.1 Å². The molecule has 7 heteroatoms. The van der Waals surface area contributed by atoms with Crippen LogP contribution in [0.15, 0.2) is 18.2 Å². The lowest BCUT2D eigenvalue weighted by Gasteiger charge is -2.38. The molecule has 4 aliphatic rings. The zero-order valence-electron chi connectivity index (χ0n) is 16.6. The molecule has 3 atom stereocenters. The Bertz CT molecular complexity index is 856. The highest BCUT2D eigenvalue weighted by Crippen LogP contribution is 2.39. The smallest absolute Gasteiger partial charge is 0.255 e. The van der Waals surface area contributed by atoms with Crippen molar-refractivity contribution < 1.29 is 14.4 Å². The Hall–Kier alpha value is -2.25. The van der Waals surface area contributed by atoms with Gasteiger partial charge in [0.15, 0.2) is 0 Å². The second kappa shape index (κ2) is 7.22. The van der Waals surface area contributed by atoms with Crippen LogP contribution in [0.1, 0.15) is 60.0 Å². The molecule has 4 heterocycles. The molecule has 3 saturated heterocycles. The van der Waals surface area contributed by atoms with Gasteiger partial charge >= 0.3 is 0 Å². The van der Waals surface area contributed by atoms with Crippen LogP contribution in [0.3, 0.4) is 0 Å². The number of benzene rings is 1. The van der Waals surface area contributed by atoms with E-state index in [0.717, 1.165) is 24.2 Å². The van der Waals surface area contributed by atoms with Crippen molar-refractivity contribution in [3.05, 3.63) is 34.9 Å². The Balaban J connectivity index is 1.31. The summed E-state index contributed by atoms with van der Waals surface area (Å²) in [5.41, 5.74) is 8.74. The van der Waals surface area contributed by atoms with Crippen molar-refractivity contribution in [2.45, 2.75) is 69.7 Å². The summed E-state index contributed by atoms with van der Waals surface area (Å²) in [6.07, 6.45) is 5.53. The van der Waals surface area contributed by atoms with E-state index in [1.165, 1.54) is 25.7 Å². The first-order valence-corrected chi connectivity index (χ1v) is 10.8. The van der Waals surface area contributed by atoms with Crippen molar-refractivity contribution >= 4 is 17.7 Å². The van der Waals surface area contributed by atoms with Gasteiger partial charge in [-0.15, -0.1) is 0 Å². The van der Waals surface area contributed by atoms with Gasteiger partial charge in [-0.3, -0.25) is 24.6 Å². The molecule has 0 aromatic heterocycles. The summed E-state index contributed by atoms with van der Waals surface area (Å²) in [7, 11) is 0. The van der Waals surface area contributed by atoms with Crippen LogP contribution in [0.25, 0.3) is 0 Å². The Morgan fingerprint density at radius 1 is 1.07 bits per heavy atom. The van der Waals surface area contributed by atoms with Gasteiger partial charge in [0.1, 0.15) is 6.04 Å². The number of hydrogen-bond donors (Lipinski definition) is 2. The molecule has 0 aliphatic carbocycles. The lowest BCUT2D eigenvalue weighted by Crippen LogP contribution is -2.52. The average Bonchev–Trinajstić information content (AvgIpc) is 3.13. The molecule has 0 saturated carbocycles. The third-order valence-electron chi connectivity index (χ3n) is 7.27. The van der Waals surface area contributed by atoms with Crippen molar-refractivity contribution in [3.63, 3.8) is 0 Å². The lowest BCUT2D eigenvalue weighted by molar-refractivity contribution is -0.136. The van der Waals surface area contributed by atoms with Crippen molar-refractivity contribution in [1.29, 1.82) is 0 Å². The second-order valence-electron chi connectivity index (χ2n) is 9.02. The zero-order chi connectivity index (χ0) is 20.1. The number of hydrogen-bond acceptors (Lipinski definition) is 5. The zero-order valence-corrected chi connectivity index (χ0v) is 16.6. The Labute approximate surface area is 170 Å². The van der Waals surface area contributed by atoms with E-state index in [0.29, 0.717) is 36.5 Å². The molecule has 29 heavy (non-hydrogen) atoms. The molecule has 1 aromatic rings. The summed E-state index contributed by atoms with van der Waals surface area (Å²) in [6, 6.07) is 6.81. The van der Waals surface area contributed by atoms with Gasteiger partial charge in [-0.05, 0) is 61.8 Å². The third kappa shape index (κ3) is 3.26. The fourth-order valence-electron chi connectivity index (χ4n) is 5.75. The third-order valence-corrected chi connectivity index (χ3v) is 7.27. The molecule has 1 aromatic carbocycles. The number of imide groups is 1. The highest BCUT2D eigenvalue weighted by molar-refractivity contribution is 6.05. The van der Waals surface area contributed by atoms with Gasteiger partial charge in [0.2, 0.25) is 11.8 Å². The van der Waals surface area contributed by atoms with Gasteiger partial charge in [0.05, 0.1) is 0 Å². The summed E-state index contributed by atoms with van der Waals surface area (Å²) in [6.45, 7) is 2.09. The molecule has 2 bridgehead atoms. The standard InChI is InChI=1S/C22H28N4O3/c23-10-14-7-16-3-4-17(8-14)25(16)11-13-1-2-15-12-26(22(29)18(15)9-13)19-5-6-20(27)24-21(19)28/h1-2,9,14,16-17,19H,3-8,10-12,23H2,(H,24,27,28). The van der Waals surface area contributed by atoms with Gasteiger partial charge in [-0.25, -0.2) is 0 Å². The molecule has 3 amide bonds. The van der Waals surface area contributed by atoms with E-state index in [-0.39, 0.29) is 24.1 Å². The van der Waals surface area contributed by atoms with E-state index in [4.69, 9.17) is 5.73 Å². The molecule has 4 aliphatic heterocycles. The second-order valence-corrected chi connectivity index (χ2v) is 9.02. The maximum Gasteiger partial charge on any atom is 0.255 e. The van der Waals surface area contributed by atoms with Gasteiger partial charge in [0.25, 0.3) is 5.91 Å². The fraction of sp³-hybridized carbons (Fsp3) is 0.591. The monoisotopic (exact) mass is 396 g/mol. The summed E-state index contributed by atoms with van der Waals surface area (Å²) in [5, 5.41) is 2.36. The molecular formula is C22H28N4O3. The van der Waals surface area contributed by atoms with Gasteiger partial charge in [0, 0.05) is 37.2 Å². The molecule has 154 valence electrons. The number of nitrogens with zero attached hydrogens (tertiary/aromatic N) is 2. The van der Waals surface area contributed by atoms with Gasteiger partial charge in [-0.2, -0.15) is 0 Å². The van der Waals surface area contributed by atoms with Gasteiger partial charge in [-0.1, -0.05) is 12.1 Å². The van der Waals surface area contributed by atoms with Crippen molar-refractivity contribution in [3.8, 4) is 0 Å². The summed E-state index contributed by atoms with van der Waals surface area (Å²) in [5.74, 6) is -0.0682. The van der Waals surface area contributed by atoms with Crippen LogP contribution in [0.4, 0.5) is 0 Å². The summed E-state index contributed by atoms with van der Waals surface area (Å²) < 4.78 is 0. The SMILES string of the molecule is NCC1CC2CCC(C1)N2Cc1ccc2c(c1)C(=O)N(C1CCC(=O)NC1=O)C2. The number of nitrogens with two attached hydrogens (primary N) is 1. The maximum absolute atomic E-state index is 13.0. The summed E-state index contributed by atoms with van der Waals surface area (Å²) in [4.78, 5) is 40.9. The van der Waals surface area contributed by atoms with Gasteiger partial charge < -0.3 is 10.6 Å². The van der Waals surface area contributed by atoms with Crippen LogP contribution in [-0.2, 0) is 22.7 Å². The molecule has 3 unspecified atom stereocenters. The molecule has 3 N–H and O–H groups in total. The first kappa shape index (κ1) is 18.8. The van der Waals surface area contributed by atoms with Crippen LogP contribution in [0.2, 0.25) is 0 Å². The van der Waals surface area contributed by atoms with Crippen molar-refractivity contribution in [2.75, 3.05) is 6.54 Å². The minimum atomic E-state index is -0.554. The molecule has 3 fully saturated rings. The Morgan fingerprint density at radius 3 is 2.52 bits per heavy atom.